The molecule has 6 heteroatoms. The average molecular weight is 272 g/mol. The fourth-order valence-corrected chi connectivity index (χ4v) is 3.47. The lowest BCUT2D eigenvalue weighted by molar-refractivity contribution is 0.0859. The van der Waals surface area contributed by atoms with Crippen molar-refractivity contribution in [2.24, 2.45) is 0 Å². The van der Waals surface area contributed by atoms with Gasteiger partial charge in [-0.15, -0.1) is 0 Å². The Morgan fingerprint density at radius 2 is 2.15 bits per heavy atom. The fraction of sp³-hybridized carbons (Fsp3) is 1.00. The van der Waals surface area contributed by atoms with E-state index in [-0.39, 0.29) is 17.2 Å². The maximum Gasteiger partial charge on any atom is 0.224 e. The highest BCUT2D eigenvalue weighted by Crippen LogP contribution is 2.21. The molecule has 1 fully saturated rings. The van der Waals surface area contributed by atoms with Gasteiger partial charge in [0.2, 0.25) is 10.0 Å². The minimum absolute atomic E-state index is 0.00551. The fourth-order valence-electron chi connectivity index (χ4n) is 1.51. The van der Waals surface area contributed by atoms with Gasteiger partial charge < -0.3 is 5.11 Å². The Morgan fingerprint density at radius 3 is 2.69 bits per heavy atom. The summed E-state index contributed by atoms with van der Waals surface area (Å²) in [6, 6.07) is 0.00551. The number of sulfonamides is 1. The summed E-state index contributed by atoms with van der Waals surface area (Å²) in [5, 5.41) is 9.33. The van der Waals surface area contributed by atoms with Gasteiger partial charge in [0.1, 0.15) is 4.66 Å². The highest BCUT2D eigenvalue weighted by molar-refractivity contribution is 9.10. The molecule has 1 heterocycles. The van der Waals surface area contributed by atoms with Gasteiger partial charge in [-0.1, -0.05) is 15.9 Å². The van der Waals surface area contributed by atoms with Crippen LogP contribution >= 0.6 is 15.9 Å². The van der Waals surface area contributed by atoms with E-state index in [9.17, 15) is 13.5 Å². The van der Waals surface area contributed by atoms with Crippen molar-refractivity contribution in [1.29, 1.82) is 0 Å². The number of nitrogens with zero attached hydrogens (tertiary/aromatic N) is 1. The van der Waals surface area contributed by atoms with Crippen molar-refractivity contribution in [2.75, 3.05) is 11.2 Å². The van der Waals surface area contributed by atoms with E-state index in [1.54, 1.807) is 0 Å². The summed E-state index contributed by atoms with van der Waals surface area (Å²) in [5.74, 6) is 0. The third kappa shape index (κ3) is 2.65. The van der Waals surface area contributed by atoms with E-state index < -0.39 is 16.1 Å². The van der Waals surface area contributed by atoms with Crippen LogP contribution in [0.2, 0.25) is 0 Å². The second-order valence-electron chi connectivity index (χ2n) is 3.37. The number of piperidine rings is 1. The molecule has 1 aliphatic rings. The molecule has 0 aliphatic carbocycles. The average Bonchev–Trinajstić information content (AvgIpc) is 2.09. The van der Waals surface area contributed by atoms with Gasteiger partial charge in [0.05, 0.1) is 6.10 Å². The monoisotopic (exact) mass is 271 g/mol. The molecule has 0 spiro atoms. The van der Waals surface area contributed by atoms with Gasteiger partial charge in [-0.25, -0.2) is 8.42 Å². The summed E-state index contributed by atoms with van der Waals surface area (Å²) in [6.45, 7) is 2.10. The Labute approximate surface area is 87.1 Å². The number of hydrogen-bond acceptors (Lipinski definition) is 3. The molecule has 0 aromatic heterocycles. The van der Waals surface area contributed by atoms with Gasteiger partial charge in [0.25, 0.3) is 0 Å². The maximum absolute atomic E-state index is 11.5. The smallest absolute Gasteiger partial charge is 0.224 e. The van der Waals surface area contributed by atoms with E-state index in [0.29, 0.717) is 6.42 Å². The molecule has 2 atom stereocenters. The summed E-state index contributed by atoms with van der Waals surface area (Å²) in [4.78, 5) is 0. The van der Waals surface area contributed by atoms with Crippen LogP contribution in [-0.4, -0.2) is 41.2 Å². The van der Waals surface area contributed by atoms with E-state index in [1.807, 2.05) is 6.92 Å². The molecule has 0 bridgehead atoms. The number of hydrogen-bond donors (Lipinski definition) is 1. The minimum Gasteiger partial charge on any atom is -0.392 e. The van der Waals surface area contributed by atoms with Crippen LogP contribution in [0.4, 0.5) is 0 Å². The number of alkyl halides is 1. The topological polar surface area (TPSA) is 57.6 Å². The molecule has 13 heavy (non-hydrogen) atoms. The summed E-state index contributed by atoms with van der Waals surface area (Å²) in [5.41, 5.74) is 0. The maximum atomic E-state index is 11.5. The summed E-state index contributed by atoms with van der Waals surface area (Å²) >= 11 is 2.94. The van der Waals surface area contributed by atoms with Crippen molar-refractivity contribution in [3.05, 3.63) is 0 Å². The first-order valence-electron chi connectivity index (χ1n) is 4.21. The molecule has 4 nitrogen and oxygen atoms in total. The molecule has 0 aromatic carbocycles. The lowest BCUT2D eigenvalue weighted by atomic mass is 10.0. The first-order chi connectivity index (χ1) is 5.97. The Bertz CT molecular complexity index is 267. The number of aliphatic hydroxyl groups excluding tert-OH is 1. The van der Waals surface area contributed by atoms with Crippen molar-refractivity contribution in [3.63, 3.8) is 0 Å². The molecule has 0 amide bonds. The Hall–Kier alpha value is 0.350. The van der Waals surface area contributed by atoms with Crippen LogP contribution in [0.1, 0.15) is 19.8 Å². The van der Waals surface area contributed by atoms with E-state index in [2.05, 4.69) is 15.9 Å². The van der Waals surface area contributed by atoms with E-state index >= 15 is 0 Å². The zero-order valence-corrected chi connectivity index (χ0v) is 9.88. The molecular weight excluding hydrogens is 258 g/mol. The van der Waals surface area contributed by atoms with Crippen LogP contribution in [0, 0.1) is 0 Å². The molecule has 1 rings (SSSR count). The highest BCUT2D eigenvalue weighted by Gasteiger charge is 2.32. The zero-order chi connectivity index (χ0) is 10.1. The lowest BCUT2D eigenvalue weighted by Gasteiger charge is -2.34. The van der Waals surface area contributed by atoms with Crippen LogP contribution in [0.15, 0.2) is 0 Å². The first-order valence-corrected chi connectivity index (χ1v) is 6.94. The van der Waals surface area contributed by atoms with E-state index in [1.165, 1.54) is 4.31 Å². The number of aliphatic hydroxyl groups is 1. The van der Waals surface area contributed by atoms with Gasteiger partial charge >= 0.3 is 0 Å². The van der Waals surface area contributed by atoms with Crippen LogP contribution in [0.5, 0.6) is 0 Å². The van der Waals surface area contributed by atoms with Crippen LogP contribution in [0.25, 0.3) is 0 Å². The van der Waals surface area contributed by atoms with Gasteiger partial charge in [-0.05, 0) is 19.8 Å². The summed E-state index contributed by atoms with van der Waals surface area (Å²) in [7, 11) is -3.21. The Kier molecular flexibility index (Phi) is 3.73. The van der Waals surface area contributed by atoms with Crippen LogP contribution in [0.3, 0.4) is 0 Å². The Balaban J connectivity index is 2.77. The van der Waals surface area contributed by atoms with Crippen LogP contribution in [-0.2, 0) is 10.0 Å². The molecule has 1 aliphatic heterocycles. The first kappa shape index (κ1) is 11.4. The minimum atomic E-state index is -3.21. The predicted molar refractivity (Wildman–Crippen MR) is 54.1 cm³/mol. The molecule has 1 N–H and O–H groups in total. The SMILES string of the molecule is C[C@H]1CC[C@H](O)CN1S(=O)(=O)CBr. The molecule has 0 unspecified atom stereocenters. The van der Waals surface area contributed by atoms with Gasteiger partial charge in [0, 0.05) is 12.6 Å². The summed E-state index contributed by atoms with van der Waals surface area (Å²) < 4.78 is 24.3. The molecule has 1 saturated heterocycles. The highest BCUT2D eigenvalue weighted by atomic mass is 79.9. The Morgan fingerprint density at radius 1 is 1.54 bits per heavy atom. The third-order valence-corrected chi connectivity index (χ3v) is 5.53. The lowest BCUT2D eigenvalue weighted by Crippen LogP contribution is -2.47. The molecule has 78 valence electrons. The van der Waals surface area contributed by atoms with Gasteiger partial charge in [-0.3, -0.25) is 0 Å². The second kappa shape index (κ2) is 4.25. The molecule has 0 aromatic rings. The van der Waals surface area contributed by atoms with E-state index in [0.717, 1.165) is 6.42 Å². The molecule has 0 saturated carbocycles. The van der Waals surface area contributed by atoms with Crippen molar-refractivity contribution in [1.82, 2.24) is 4.31 Å². The van der Waals surface area contributed by atoms with E-state index in [4.69, 9.17) is 0 Å². The summed E-state index contributed by atoms with van der Waals surface area (Å²) in [6.07, 6.45) is 0.910. The van der Waals surface area contributed by atoms with Gasteiger partial charge in [-0.2, -0.15) is 4.31 Å². The number of rotatable bonds is 2. The van der Waals surface area contributed by atoms with Gasteiger partial charge in [0.15, 0.2) is 0 Å². The van der Waals surface area contributed by atoms with Crippen molar-refractivity contribution in [3.8, 4) is 0 Å². The second-order valence-corrected chi connectivity index (χ2v) is 6.60. The van der Waals surface area contributed by atoms with Crippen LogP contribution < -0.4 is 0 Å². The largest absolute Gasteiger partial charge is 0.392 e. The normalized spacial score (nSPS) is 31.9. The predicted octanol–water partition coefficient (Wildman–Crippen LogP) is 0.514. The third-order valence-electron chi connectivity index (χ3n) is 2.30. The standard InChI is InChI=1S/C7H14BrNO3S/c1-6-2-3-7(10)4-9(6)13(11,12)5-8/h6-7,10H,2-5H2,1H3/t6-,7-/m0/s1. The molecule has 0 radical (unpaired) electrons. The number of halogens is 1. The number of β-amino-alcohol motifs (C(OH)–C–C–N with tert-alkyl or cyclic N) is 1. The van der Waals surface area contributed by atoms with Crippen molar-refractivity contribution in [2.45, 2.75) is 31.9 Å². The quantitative estimate of drug-likeness (QED) is 0.745. The zero-order valence-electron chi connectivity index (χ0n) is 7.48. The van der Waals surface area contributed by atoms with Crippen molar-refractivity contribution < 1.29 is 13.5 Å². The van der Waals surface area contributed by atoms with Crippen molar-refractivity contribution >= 4 is 26.0 Å². The molecular formula is C7H14BrNO3S.